The van der Waals surface area contributed by atoms with E-state index in [4.69, 9.17) is 4.74 Å². The van der Waals surface area contributed by atoms with Crippen molar-refractivity contribution in [1.82, 2.24) is 8.87 Å². The first-order chi connectivity index (χ1) is 15.3. The molecule has 8 nitrogen and oxygen atoms in total. The summed E-state index contributed by atoms with van der Waals surface area (Å²) in [6.45, 7) is 3.01. The molecule has 1 aromatic heterocycles. The molecular formula is C22H25N3O5S2. The smallest absolute Gasteiger partial charge is 0.308 e. The van der Waals surface area contributed by atoms with Crippen LogP contribution in [0.15, 0.2) is 52.2 Å². The highest BCUT2D eigenvalue weighted by atomic mass is 32.2. The first-order valence-corrected chi connectivity index (χ1v) is 12.7. The Morgan fingerprint density at radius 2 is 1.97 bits per heavy atom. The van der Waals surface area contributed by atoms with Crippen molar-refractivity contribution in [2.24, 2.45) is 5.92 Å². The standard InChI is InChI=1S/C22H25N3O5S2/c1-3-25-19-11-6-16(13-20(19)31-22(25)27)23-21(26)15-5-4-12-24(14-15)32(28,29)18-9-7-17(30-2)8-10-18/h6-11,13,15H,3-5,12,14H2,1-2H3,(H,23,26). The molecule has 1 aliphatic heterocycles. The Morgan fingerprint density at radius 3 is 2.66 bits per heavy atom. The van der Waals surface area contributed by atoms with E-state index in [1.54, 1.807) is 28.8 Å². The van der Waals surface area contributed by atoms with Gasteiger partial charge in [-0.15, -0.1) is 0 Å². The summed E-state index contributed by atoms with van der Waals surface area (Å²) in [5, 5.41) is 2.90. The number of anilines is 1. The molecule has 32 heavy (non-hydrogen) atoms. The number of fused-ring (bicyclic) bond motifs is 1. The topological polar surface area (TPSA) is 97.7 Å². The van der Waals surface area contributed by atoms with Crippen molar-refractivity contribution in [2.45, 2.75) is 31.2 Å². The average Bonchev–Trinajstić information content (AvgIpc) is 3.13. The summed E-state index contributed by atoms with van der Waals surface area (Å²) in [7, 11) is -2.18. The fourth-order valence-electron chi connectivity index (χ4n) is 3.96. The van der Waals surface area contributed by atoms with Gasteiger partial charge in [0.15, 0.2) is 0 Å². The Morgan fingerprint density at radius 1 is 1.22 bits per heavy atom. The molecular weight excluding hydrogens is 450 g/mol. The van der Waals surface area contributed by atoms with E-state index in [1.807, 2.05) is 13.0 Å². The van der Waals surface area contributed by atoms with Gasteiger partial charge >= 0.3 is 4.87 Å². The molecule has 2 heterocycles. The minimum Gasteiger partial charge on any atom is -0.497 e. The number of methoxy groups -OCH3 is 1. The number of hydrogen-bond donors (Lipinski definition) is 1. The number of ether oxygens (including phenoxy) is 1. The molecule has 1 amide bonds. The van der Waals surface area contributed by atoms with E-state index in [0.29, 0.717) is 37.4 Å². The molecule has 1 N–H and O–H groups in total. The molecule has 170 valence electrons. The van der Waals surface area contributed by atoms with E-state index < -0.39 is 15.9 Å². The number of carbonyl (C=O) groups is 1. The van der Waals surface area contributed by atoms with Crippen molar-refractivity contribution in [3.63, 3.8) is 0 Å². The van der Waals surface area contributed by atoms with E-state index in [2.05, 4.69) is 5.32 Å². The van der Waals surface area contributed by atoms with Crippen LogP contribution < -0.4 is 14.9 Å². The third-order valence-corrected chi connectivity index (χ3v) is 8.53. The zero-order chi connectivity index (χ0) is 22.9. The van der Waals surface area contributed by atoms with E-state index >= 15 is 0 Å². The number of thiazole rings is 1. The summed E-state index contributed by atoms with van der Waals surface area (Å²) in [4.78, 5) is 25.1. The van der Waals surface area contributed by atoms with Crippen molar-refractivity contribution in [1.29, 1.82) is 0 Å². The Hall–Kier alpha value is -2.69. The van der Waals surface area contributed by atoms with Crippen LogP contribution in [0.5, 0.6) is 5.75 Å². The number of nitrogens with zero attached hydrogens (tertiary/aromatic N) is 2. The number of sulfonamides is 1. The van der Waals surface area contributed by atoms with Gasteiger partial charge in [0, 0.05) is 25.3 Å². The van der Waals surface area contributed by atoms with Gasteiger partial charge in [0.05, 0.1) is 28.1 Å². The number of hydrogen-bond acceptors (Lipinski definition) is 6. The van der Waals surface area contributed by atoms with E-state index in [-0.39, 0.29) is 22.2 Å². The molecule has 1 unspecified atom stereocenters. The molecule has 10 heteroatoms. The predicted molar refractivity (Wildman–Crippen MR) is 125 cm³/mol. The molecule has 0 bridgehead atoms. The quantitative estimate of drug-likeness (QED) is 0.591. The van der Waals surface area contributed by atoms with Crippen molar-refractivity contribution in [3.05, 3.63) is 52.1 Å². The maximum absolute atomic E-state index is 13.0. The Balaban J connectivity index is 1.48. The van der Waals surface area contributed by atoms with Crippen LogP contribution in [-0.4, -0.2) is 43.4 Å². The maximum atomic E-state index is 13.0. The van der Waals surface area contributed by atoms with Crippen LogP contribution >= 0.6 is 11.3 Å². The van der Waals surface area contributed by atoms with Gasteiger partial charge in [0.25, 0.3) is 0 Å². The summed E-state index contributed by atoms with van der Waals surface area (Å²) in [5.74, 6) is -0.0937. The molecule has 0 aliphatic carbocycles. The second kappa shape index (κ2) is 9.05. The summed E-state index contributed by atoms with van der Waals surface area (Å²) in [5.41, 5.74) is 1.44. The van der Waals surface area contributed by atoms with Crippen molar-refractivity contribution >= 4 is 43.2 Å². The third-order valence-electron chi connectivity index (χ3n) is 5.70. The van der Waals surface area contributed by atoms with Gasteiger partial charge in [0.1, 0.15) is 5.75 Å². The SMILES string of the molecule is CCn1c(=O)sc2cc(NC(=O)C3CCCN(S(=O)(=O)c4ccc(OC)cc4)C3)ccc21. The van der Waals surface area contributed by atoms with Gasteiger partial charge in [-0.25, -0.2) is 8.42 Å². The number of rotatable bonds is 6. The Bertz CT molecular complexity index is 1300. The summed E-state index contributed by atoms with van der Waals surface area (Å²) >= 11 is 1.14. The molecule has 0 radical (unpaired) electrons. The first-order valence-electron chi connectivity index (χ1n) is 10.4. The number of aryl methyl sites for hydroxylation is 1. The van der Waals surface area contributed by atoms with Crippen molar-refractivity contribution < 1.29 is 17.9 Å². The molecule has 1 aliphatic rings. The third kappa shape index (κ3) is 4.30. The van der Waals surface area contributed by atoms with E-state index in [0.717, 1.165) is 21.6 Å². The second-order valence-corrected chi connectivity index (χ2v) is 10.6. The highest BCUT2D eigenvalue weighted by molar-refractivity contribution is 7.89. The van der Waals surface area contributed by atoms with Crippen LogP contribution in [0.4, 0.5) is 5.69 Å². The van der Waals surface area contributed by atoms with Crippen molar-refractivity contribution in [2.75, 3.05) is 25.5 Å². The minimum absolute atomic E-state index is 0.0300. The number of carbonyl (C=O) groups excluding carboxylic acids is 1. The molecule has 0 saturated carbocycles. The van der Waals surface area contributed by atoms with Gasteiger partial charge in [-0.1, -0.05) is 11.3 Å². The molecule has 3 aromatic rings. The highest BCUT2D eigenvalue weighted by Gasteiger charge is 2.33. The molecule has 1 atom stereocenters. The maximum Gasteiger partial charge on any atom is 0.308 e. The zero-order valence-electron chi connectivity index (χ0n) is 17.9. The number of nitrogens with one attached hydrogen (secondary N) is 1. The number of benzene rings is 2. The average molecular weight is 476 g/mol. The Kier molecular flexibility index (Phi) is 6.36. The normalized spacial score (nSPS) is 17.4. The van der Waals surface area contributed by atoms with Gasteiger partial charge in [-0.2, -0.15) is 4.31 Å². The van der Waals surface area contributed by atoms with Crippen LogP contribution in [0.2, 0.25) is 0 Å². The van der Waals surface area contributed by atoms with Crippen LogP contribution in [-0.2, 0) is 21.4 Å². The summed E-state index contributed by atoms with van der Waals surface area (Å²) < 4.78 is 35.1. The van der Waals surface area contributed by atoms with Gasteiger partial charge in [-0.3, -0.25) is 14.2 Å². The fraction of sp³-hybridized carbons (Fsp3) is 0.364. The van der Waals surface area contributed by atoms with Crippen LogP contribution in [0.25, 0.3) is 10.2 Å². The van der Waals surface area contributed by atoms with Crippen LogP contribution in [0, 0.1) is 5.92 Å². The van der Waals surface area contributed by atoms with Gasteiger partial charge < -0.3 is 10.1 Å². The summed E-state index contributed by atoms with van der Waals surface area (Å²) in [6.07, 6.45) is 1.22. The minimum atomic E-state index is -3.70. The molecule has 2 aromatic carbocycles. The second-order valence-electron chi connectivity index (χ2n) is 7.66. The fourth-order valence-corrected chi connectivity index (χ4v) is 6.48. The largest absolute Gasteiger partial charge is 0.497 e. The number of aromatic nitrogens is 1. The lowest BCUT2D eigenvalue weighted by Gasteiger charge is -2.31. The lowest BCUT2D eigenvalue weighted by molar-refractivity contribution is -0.120. The molecule has 1 saturated heterocycles. The lowest BCUT2D eigenvalue weighted by atomic mass is 9.98. The monoisotopic (exact) mass is 475 g/mol. The van der Waals surface area contributed by atoms with Crippen LogP contribution in [0.1, 0.15) is 19.8 Å². The highest BCUT2D eigenvalue weighted by Crippen LogP contribution is 2.27. The number of amides is 1. The molecule has 0 spiro atoms. The predicted octanol–water partition coefficient (Wildman–Crippen LogP) is 3.13. The van der Waals surface area contributed by atoms with E-state index in [9.17, 15) is 18.0 Å². The first kappa shape index (κ1) is 22.5. The van der Waals surface area contributed by atoms with E-state index in [1.165, 1.54) is 23.5 Å². The van der Waals surface area contributed by atoms with Gasteiger partial charge in [0.2, 0.25) is 15.9 Å². The lowest BCUT2D eigenvalue weighted by Crippen LogP contribution is -2.43. The zero-order valence-corrected chi connectivity index (χ0v) is 19.5. The van der Waals surface area contributed by atoms with Gasteiger partial charge in [-0.05, 0) is 62.2 Å². The molecule has 4 rings (SSSR count). The Labute approximate surface area is 190 Å². The van der Waals surface area contributed by atoms with Crippen LogP contribution in [0.3, 0.4) is 0 Å². The molecule has 1 fully saturated rings. The van der Waals surface area contributed by atoms with Crippen molar-refractivity contribution in [3.8, 4) is 5.75 Å². The number of piperidine rings is 1. The summed E-state index contributed by atoms with van der Waals surface area (Å²) in [6, 6.07) is 11.6.